The number of carbonyl (C=O) groups excluding carboxylic acids is 1. The zero-order valence-corrected chi connectivity index (χ0v) is 15.9. The molecule has 1 atom stereocenters. The Bertz CT molecular complexity index is 629. The van der Waals surface area contributed by atoms with Crippen LogP contribution in [0.5, 0.6) is 0 Å². The van der Waals surface area contributed by atoms with Gasteiger partial charge in [0.1, 0.15) is 0 Å². The van der Waals surface area contributed by atoms with Gasteiger partial charge >= 0.3 is 5.97 Å². The summed E-state index contributed by atoms with van der Waals surface area (Å²) in [6.07, 6.45) is 3.27. The van der Waals surface area contributed by atoms with Crippen LogP contribution >= 0.6 is 0 Å². The molecule has 1 aromatic carbocycles. The molecule has 0 saturated carbocycles. The van der Waals surface area contributed by atoms with E-state index in [2.05, 4.69) is 35.3 Å². The first-order chi connectivity index (χ1) is 12.5. The molecular formula is C20H31N3O3. The van der Waals surface area contributed by atoms with Gasteiger partial charge in [0.05, 0.1) is 12.5 Å². The number of anilines is 2. The van der Waals surface area contributed by atoms with Crippen molar-refractivity contribution in [2.45, 2.75) is 38.6 Å². The number of ether oxygens (including phenoxy) is 2. The highest BCUT2D eigenvalue weighted by atomic mass is 16.5. The molecule has 3 N–H and O–H groups in total. The Balaban J connectivity index is 1.59. The number of methoxy groups -OCH3 is 1. The van der Waals surface area contributed by atoms with E-state index in [0.717, 1.165) is 51.0 Å². The first-order valence-electron chi connectivity index (χ1n) is 9.55. The first kappa shape index (κ1) is 19.0. The van der Waals surface area contributed by atoms with Crippen LogP contribution in [0.1, 0.15) is 31.2 Å². The average molecular weight is 361 g/mol. The monoisotopic (exact) mass is 361 g/mol. The number of nitrogens with two attached hydrogens (primary N) is 1. The fourth-order valence-electron chi connectivity index (χ4n) is 4.04. The number of aryl methyl sites for hydroxylation is 1. The van der Waals surface area contributed by atoms with Crippen LogP contribution in [0.15, 0.2) is 18.2 Å². The van der Waals surface area contributed by atoms with Gasteiger partial charge in [0.2, 0.25) is 0 Å². The maximum absolute atomic E-state index is 12.3. The third-order valence-corrected chi connectivity index (χ3v) is 5.79. The zero-order chi connectivity index (χ0) is 18.6. The van der Waals surface area contributed by atoms with E-state index in [0.29, 0.717) is 13.2 Å². The largest absolute Gasteiger partial charge is 0.469 e. The minimum Gasteiger partial charge on any atom is -0.469 e. The molecule has 0 amide bonds. The average Bonchev–Trinajstić information content (AvgIpc) is 3.09. The third kappa shape index (κ3) is 4.13. The Hall–Kier alpha value is -1.79. The topological polar surface area (TPSA) is 76.8 Å². The van der Waals surface area contributed by atoms with Gasteiger partial charge in [0, 0.05) is 50.3 Å². The summed E-state index contributed by atoms with van der Waals surface area (Å²) in [7, 11) is 1.47. The lowest BCUT2D eigenvalue weighted by Gasteiger charge is -2.34. The van der Waals surface area contributed by atoms with E-state index in [4.69, 9.17) is 15.2 Å². The molecule has 0 unspecified atom stereocenters. The highest BCUT2D eigenvalue weighted by Gasteiger charge is 2.40. The van der Waals surface area contributed by atoms with Crippen molar-refractivity contribution < 1.29 is 14.3 Å². The Morgan fingerprint density at radius 1 is 1.42 bits per heavy atom. The number of nitrogens with zero attached hydrogens (tertiary/aromatic N) is 1. The summed E-state index contributed by atoms with van der Waals surface area (Å²) in [5.41, 5.74) is 9.16. The van der Waals surface area contributed by atoms with Crippen molar-refractivity contribution in [3.63, 3.8) is 0 Å². The van der Waals surface area contributed by atoms with Gasteiger partial charge in [-0.15, -0.1) is 0 Å². The fraction of sp³-hybridized carbons (Fsp3) is 0.650. The summed E-state index contributed by atoms with van der Waals surface area (Å²) in [6.45, 7) is 6.06. The summed E-state index contributed by atoms with van der Waals surface area (Å²) in [5, 5.41) is 3.50. The molecule has 0 radical (unpaired) electrons. The molecule has 0 spiro atoms. The molecule has 1 aromatic rings. The predicted octanol–water partition coefficient (Wildman–Crippen LogP) is 2.30. The van der Waals surface area contributed by atoms with Crippen LogP contribution in [0.25, 0.3) is 0 Å². The summed E-state index contributed by atoms with van der Waals surface area (Å²) >= 11 is 0. The van der Waals surface area contributed by atoms with Gasteiger partial charge in [-0.05, 0) is 56.4 Å². The summed E-state index contributed by atoms with van der Waals surface area (Å²) in [6, 6.07) is 6.77. The van der Waals surface area contributed by atoms with Gasteiger partial charge in [-0.2, -0.15) is 0 Å². The molecule has 3 rings (SSSR count). The fourth-order valence-corrected chi connectivity index (χ4v) is 4.04. The second-order valence-corrected chi connectivity index (χ2v) is 7.56. The molecule has 2 aliphatic heterocycles. The number of rotatable bonds is 6. The van der Waals surface area contributed by atoms with Crippen molar-refractivity contribution in [2.24, 2.45) is 11.1 Å². The lowest BCUT2D eigenvalue weighted by Crippen LogP contribution is -2.39. The van der Waals surface area contributed by atoms with Crippen molar-refractivity contribution in [1.82, 2.24) is 0 Å². The normalized spacial score (nSPS) is 22.3. The molecule has 2 fully saturated rings. The van der Waals surface area contributed by atoms with E-state index in [1.165, 1.54) is 18.4 Å². The van der Waals surface area contributed by atoms with Crippen LogP contribution in [-0.4, -0.2) is 52.0 Å². The number of nitrogens with one attached hydrogen (secondary N) is 1. The molecule has 2 saturated heterocycles. The lowest BCUT2D eigenvalue weighted by molar-refractivity contribution is -0.159. The van der Waals surface area contributed by atoms with Gasteiger partial charge in [-0.3, -0.25) is 4.79 Å². The van der Waals surface area contributed by atoms with E-state index < -0.39 is 5.41 Å². The van der Waals surface area contributed by atoms with Crippen LogP contribution in [0.3, 0.4) is 0 Å². The van der Waals surface area contributed by atoms with Gasteiger partial charge in [0.25, 0.3) is 0 Å². The summed E-state index contributed by atoms with van der Waals surface area (Å²) < 4.78 is 10.5. The molecule has 0 aliphatic carbocycles. The second kappa shape index (κ2) is 8.27. The summed E-state index contributed by atoms with van der Waals surface area (Å²) in [5.74, 6) is -0.111. The third-order valence-electron chi connectivity index (χ3n) is 5.79. The maximum Gasteiger partial charge on any atom is 0.312 e. The molecular weight excluding hydrogens is 330 g/mol. The Morgan fingerprint density at radius 3 is 2.81 bits per heavy atom. The SMILES string of the molecule is COC(=O)C1(CCNc2ccc(N3CC[C@H](N)C3)cc2C)CCOCC1. The minimum absolute atomic E-state index is 0.111. The van der Waals surface area contributed by atoms with E-state index in [9.17, 15) is 4.79 Å². The maximum atomic E-state index is 12.3. The van der Waals surface area contributed by atoms with Crippen LogP contribution < -0.4 is 16.0 Å². The van der Waals surface area contributed by atoms with Crippen LogP contribution in [-0.2, 0) is 14.3 Å². The van der Waals surface area contributed by atoms with Crippen molar-refractivity contribution in [2.75, 3.05) is 50.2 Å². The standard InChI is InChI=1S/C20H31N3O3/c1-15-13-17(23-10-5-16(21)14-23)3-4-18(15)22-9-6-20(19(24)25-2)7-11-26-12-8-20/h3-4,13,16,22H,5-12,14,21H2,1-2H3/t16-/m0/s1. The number of benzene rings is 1. The zero-order valence-electron chi connectivity index (χ0n) is 15.9. The molecule has 0 bridgehead atoms. The Labute approximate surface area is 156 Å². The van der Waals surface area contributed by atoms with Crippen molar-refractivity contribution in [3.05, 3.63) is 23.8 Å². The predicted molar refractivity (Wildman–Crippen MR) is 104 cm³/mol. The van der Waals surface area contributed by atoms with Crippen molar-refractivity contribution in [3.8, 4) is 0 Å². The second-order valence-electron chi connectivity index (χ2n) is 7.56. The Morgan fingerprint density at radius 2 is 2.19 bits per heavy atom. The highest BCUT2D eigenvalue weighted by molar-refractivity contribution is 5.77. The molecule has 2 heterocycles. The highest BCUT2D eigenvalue weighted by Crippen LogP contribution is 2.35. The molecule has 6 nitrogen and oxygen atoms in total. The number of hydrogen-bond acceptors (Lipinski definition) is 6. The van der Waals surface area contributed by atoms with Gasteiger partial charge in [0.15, 0.2) is 0 Å². The van der Waals surface area contributed by atoms with E-state index in [-0.39, 0.29) is 12.0 Å². The van der Waals surface area contributed by atoms with Crippen molar-refractivity contribution in [1.29, 1.82) is 0 Å². The Kier molecular flexibility index (Phi) is 6.04. The lowest BCUT2D eigenvalue weighted by atomic mass is 9.77. The molecule has 0 aromatic heterocycles. The van der Waals surface area contributed by atoms with Crippen LogP contribution in [0, 0.1) is 12.3 Å². The van der Waals surface area contributed by atoms with E-state index in [1.807, 2.05) is 0 Å². The van der Waals surface area contributed by atoms with E-state index >= 15 is 0 Å². The van der Waals surface area contributed by atoms with E-state index in [1.54, 1.807) is 0 Å². The smallest absolute Gasteiger partial charge is 0.312 e. The van der Waals surface area contributed by atoms with Crippen LogP contribution in [0.2, 0.25) is 0 Å². The first-order valence-corrected chi connectivity index (χ1v) is 9.55. The number of hydrogen-bond donors (Lipinski definition) is 2. The minimum atomic E-state index is -0.417. The molecule has 26 heavy (non-hydrogen) atoms. The molecule has 2 aliphatic rings. The number of carbonyl (C=O) groups is 1. The summed E-state index contributed by atoms with van der Waals surface area (Å²) in [4.78, 5) is 14.6. The van der Waals surface area contributed by atoms with Crippen molar-refractivity contribution >= 4 is 17.3 Å². The quantitative estimate of drug-likeness (QED) is 0.757. The van der Waals surface area contributed by atoms with Gasteiger partial charge < -0.3 is 25.4 Å². The van der Waals surface area contributed by atoms with Crippen LogP contribution in [0.4, 0.5) is 11.4 Å². The molecule has 144 valence electrons. The van der Waals surface area contributed by atoms with Gasteiger partial charge in [-0.1, -0.05) is 0 Å². The number of esters is 1. The molecule has 6 heteroatoms. The van der Waals surface area contributed by atoms with Gasteiger partial charge in [-0.25, -0.2) is 0 Å².